The molecule has 0 amide bonds. The molecule has 3 rings (SSSR count). The number of fused-ring (bicyclic) bond motifs is 2. The molecular formula is C20H28O3. The molecule has 2 fully saturated rings. The Morgan fingerprint density at radius 1 is 1.22 bits per heavy atom. The van der Waals surface area contributed by atoms with Crippen molar-refractivity contribution in [3.05, 3.63) is 35.5 Å². The van der Waals surface area contributed by atoms with E-state index < -0.39 is 0 Å². The van der Waals surface area contributed by atoms with Crippen LogP contribution < -0.4 is 0 Å². The summed E-state index contributed by atoms with van der Waals surface area (Å²) in [6.45, 7) is 10.5. The molecule has 0 N–H and O–H groups in total. The molecule has 3 nitrogen and oxygen atoms in total. The van der Waals surface area contributed by atoms with Crippen LogP contribution in [0.1, 0.15) is 59.3 Å². The van der Waals surface area contributed by atoms with Crippen molar-refractivity contribution in [3.63, 3.8) is 0 Å². The normalized spacial score (nSPS) is 43.2. The Balaban J connectivity index is 1.78. The summed E-state index contributed by atoms with van der Waals surface area (Å²) in [6.07, 6.45) is 10.7. The Bertz CT molecular complexity index is 571. The van der Waals surface area contributed by atoms with Gasteiger partial charge in [-0.3, -0.25) is 0 Å². The lowest BCUT2D eigenvalue weighted by Crippen LogP contribution is -2.21. The van der Waals surface area contributed by atoms with E-state index in [0.29, 0.717) is 5.57 Å². The molecular weight excluding hydrogens is 288 g/mol. The Morgan fingerprint density at radius 2 is 1.96 bits per heavy atom. The third-order valence-electron chi connectivity index (χ3n) is 5.61. The van der Waals surface area contributed by atoms with E-state index in [-0.39, 0.29) is 29.7 Å². The Hall–Kier alpha value is -1.35. The van der Waals surface area contributed by atoms with Gasteiger partial charge in [0, 0.05) is 17.9 Å². The molecule has 3 aliphatic rings. The lowest BCUT2D eigenvalue weighted by Gasteiger charge is -2.18. The summed E-state index contributed by atoms with van der Waals surface area (Å²) >= 11 is 0. The molecule has 0 saturated carbocycles. The zero-order chi connectivity index (χ0) is 16.6. The molecule has 126 valence electrons. The highest BCUT2D eigenvalue weighted by Gasteiger charge is 2.54. The largest absolute Gasteiger partial charge is 0.458 e. The highest BCUT2D eigenvalue weighted by Crippen LogP contribution is 2.47. The van der Waals surface area contributed by atoms with Crippen molar-refractivity contribution in [2.24, 2.45) is 5.92 Å². The maximum atomic E-state index is 11.9. The fraction of sp³-hybridized carbons (Fsp3) is 0.650. The van der Waals surface area contributed by atoms with E-state index in [1.54, 1.807) is 0 Å². The van der Waals surface area contributed by atoms with Crippen LogP contribution in [0.4, 0.5) is 0 Å². The molecule has 2 heterocycles. The smallest absolute Gasteiger partial charge is 0.334 e. The molecule has 0 unspecified atom stereocenters. The molecule has 4 atom stereocenters. The second-order valence-electron chi connectivity index (χ2n) is 7.61. The molecule has 0 aromatic carbocycles. The molecule has 1 aliphatic carbocycles. The summed E-state index contributed by atoms with van der Waals surface area (Å²) in [6, 6.07) is 0. The lowest BCUT2D eigenvalue weighted by atomic mass is 9.85. The van der Waals surface area contributed by atoms with Crippen LogP contribution in [0.5, 0.6) is 0 Å². The van der Waals surface area contributed by atoms with Gasteiger partial charge in [-0.05, 0) is 52.9 Å². The van der Waals surface area contributed by atoms with Crippen molar-refractivity contribution in [2.45, 2.75) is 77.1 Å². The second kappa shape index (κ2) is 6.27. The zero-order valence-corrected chi connectivity index (χ0v) is 14.6. The van der Waals surface area contributed by atoms with Crippen LogP contribution in [-0.2, 0) is 14.3 Å². The summed E-state index contributed by atoms with van der Waals surface area (Å²) < 4.78 is 11.6. The SMILES string of the molecule is C=C1C(=O)O[C@H]2C/C(C)=C/CC/C(C)=C/CC[C@@]3(C)O[C@@H]3C[C@@H]12. The summed E-state index contributed by atoms with van der Waals surface area (Å²) in [5.41, 5.74) is 3.34. The fourth-order valence-corrected chi connectivity index (χ4v) is 3.84. The van der Waals surface area contributed by atoms with E-state index in [4.69, 9.17) is 9.47 Å². The number of rotatable bonds is 0. The number of epoxide rings is 1. The maximum absolute atomic E-state index is 11.9. The van der Waals surface area contributed by atoms with Gasteiger partial charge in [0.15, 0.2) is 0 Å². The van der Waals surface area contributed by atoms with Gasteiger partial charge in [0.05, 0.1) is 11.7 Å². The van der Waals surface area contributed by atoms with Gasteiger partial charge in [-0.25, -0.2) is 4.79 Å². The van der Waals surface area contributed by atoms with Gasteiger partial charge in [-0.15, -0.1) is 0 Å². The summed E-state index contributed by atoms with van der Waals surface area (Å²) in [5, 5.41) is 0. The van der Waals surface area contributed by atoms with Gasteiger partial charge in [0.25, 0.3) is 0 Å². The molecule has 0 radical (unpaired) electrons. The number of carbonyl (C=O) groups is 1. The third kappa shape index (κ3) is 3.60. The molecule has 2 saturated heterocycles. The van der Waals surface area contributed by atoms with Gasteiger partial charge < -0.3 is 9.47 Å². The first-order valence-electron chi connectivity index (χ1n) is 8.78. The Labute approximate surface area is 139 Å². The highest BCUT2D eigenvalue weighted by atomic mass is 16.6. The van der Waals surface area contributed by atoms with Crippen LogP contribution in [0.2, 0.25) is 0 Å². The third-order valence-corrected chi connectivity index (χ3v) is 5.61. The van der Waals surface area contributed by atoms with Crippen molar-refractivity contribution < 1.29 is 14.3 Å². The molecule has 0 spiro atoms. The number of hydrogen-bond acceptors (Lipinski definition) is 3. The average molecular weight is 316 g/mol. The number of esters is 1. The van der Waals surface area contributed by atoms with Crippen LogP contribution in [0.15, 0.2) is 35.5 Å². The maximum Gasteiger partial charge on any atom is 0.334 e. The van der Waals surface area contributed by atoms with E-state index in [1.165, 1.54) is 11.1 Å². The van der Waals surface area contributed by atoms with E-state index in [9.17, 15) is 4.79 Å². The topological polar surface area (TPSA) is 38.8 Å². The van der Waals surface area contributed by atoms with Gasteiger partial charge in [-0.1, -0.05) is 29.9 Å². The lowest BCUT2D eigenvalue weighted by molar-refractivity contribution is -0.139. The molecule has 3 heteroatoms. The van der Waals surface area contributed by atoms with Crippen molar-refractivity contribution in [3.8, 4) is 0 Å². The van der Waals surface area contributed by atoms with E-state index in [0.717, 1.165) is 38.5 Å². The van der Waals surface area contributed by atoms with Crippen LogP contribution in [0, 0.1) is 5.92 Å². The number of allylic oxidation sites excluding steroid dienone is 3. The molecule has 2 aliphatic heterocycles. The van der Waals surface area contributed by atoms with Gasteiger partial charge in [-0.2, -0.15) is 0 Å². The Kier molecular flexibility index (Phi) is 4.50. The molecule has 0 bridgehead atoms. The standard InChI is InChI=1S/C20H28O3/c1-13-7-5-8-14(2)11-17-16(15(3)19(21)22-17)12-18-20(4,23-18)10-6-9-13/h8-9,16-18H,3,5-7,10-12H2,1-2,4H3/b13-9+,14-8+/t16-,17-,18+,20+/m0/s1. The van der Waals surface area contributed by atoms with Crippen molar-refractivity contribution in [2.75, 3.05) is 0 Å². The van der Waals surface area contributed by atoms with E-state index in [1.807, 2.05) is 0 Å². The van der Waals surface area contributed by atoms with Crippen LogP contribution >= 0.6 is 0 Å². The number of ether oxygens (including phenoxy) is 2. The Morgan fingerprint density at radius 3 is 2.74 bits per heavy atom. The first-order chi connectivity index (χ1) is 10.9. The summed E-state index contributed by atoms with van der Waals surface area (Å²) in [4.78, 5) is 11.9. The van der Waals surface area contributed by atoms with Crippen LogP contribution in [-0.4, -0.2) is 23.8 Å². The predicted octanol–water partition coefficient (Wildman–Crippen LogP) is 4.49. The van der Waals surface area contributed by atoms with Gasteiger partial charge in [0.2, 0.25) is 0 Å². The van der Waals surface area contributed by atoms with Gasteiger partial charge >= 0.3 is 5.97 Å². The van der Waals surface area contributed by atoms with E-state index in [2.05, 4.69) is 39.5 Å². The molecule has 0 aromatic rings. The predicted molar refractivity (Wildman–Crippen MR) is 91.0 cm³/mol. The van der Waals surface area contributed by atoms with Crippen molar-refractivity contribution >= 4 is 5.97 Å². The second-order valence-corrected chi connectivity index (χ2v) is 7.61. The average Bonchev–Trinajstić information content (AvgIpc) is 3.04. The van der Waals surface area contributed by atoms with E-state index >= 15 is 0 Å². The zero-order valence-electron chi connectivity index (χ0n) is 14.6. The fourth-order valence-electron chi connectivity index (χ4n) is 3.84. The highest BCUT2D eigenvalue weighted by molar-refractivity contribution is 5.90. The summed E-state index contributed by atoms with van der Waals surface area (Å²) in [5.74, 6) is -0.130. The number of carbonyl (C=O) groups excluding carboxylic acids is 1. The minimum absolute atomic E-state index is 0.0394. The van der Waals surface area contributed by atoms with Gasteiger partial charge in [0.1, 0.15) is 6.10 Å². The number of hydrogen-bond donors (Lipinski definition) is 0. The molecule has 0 aromatic heterocycles. The minimum atomic E-state index is -0.225. The monoisotopic (exact) mass is 316 g/mol. The first-order valence-corrected chi connectivity index (χ1v) is 8.78. The minimum Gasteiger partial charge on any atom is -0.458 e. The first kappa shape index (κ1) is 16.5. The summed E-state index contributed by atoms with van der Waals surface area (Å²) in [7, 11) is 0. The van der Waals surface area contributed by atoms with Crippen LogP contribution in [0.25, 0.3) is 0 Å². The van der Waals surface area contributed by atoms with Crippen LogP contribution in [0.3, 0.4) is 0 Å². The van der Waals surface area contributed by atoms with Crippen molar-refractivity contribution in [1.29, 1.82) is 0 Å². The quantitative estimate of drug-likeness (QED) is 0.286. The van der Waals surface area contributed by atoms with Crippen molar-refractivity contribution in [1.82, 2.24) is 0 Å². The molecule has 23 heavy (non-hydrogen) atoms.